The molecule has 2 aromatic rings. The Bertz CT molecular complexity index is 760. The first kappa shape index (κ1) is 17.5. The molecule has 3 N–H and O–H groups in total. The summed E-state index contributed by atoms with van der Waals surface area (Å²) in [6.45, 7) is 1.41. The third-order valence-corrected chi connectivity index (χ3v) is 3.29. The largest absolute Gasteiger partial charge is 0.326 e. The Kier molecular flexibility index (Phi) is 5.92. The number of carbonyl (C=O) groups is 3. The zero-order valence-electron chi connectivity index (χ0n) is 12.9. The molecule has 6 nitrogen and oxygen atoms in total. The van der Waals surface area contributed by atoms with Crippen molar-refractivity contribution >= 4 is 46.4 Å². The molecule has 0 fully saturated rings. The number of amides is 3. The van der Waals surface area contributed by atoms with Gasteiger partial charge in [-0.15, -0.1) is 0 Å². The van der Waals surface area contributed by atoms with Crippen LogP contribution in [0.25, 0.3) is 0 Å². The molecule has 0 radical (unpaired) electrons. The Morgan fingerprint density at radius 3 is 1.96 bits per heavy atom. The SMILES string of the molecule is CC(=O)Nc1ccc(NC(=O)CC(=O)Nc2ccccc2Cl)cc1. The minimum Gasteiger partial charge on any atom is -0.326 e. The van der Waals surface area contributed by atoms with Gasteiger partial charge in [0.2, 0.25) is 17.7 Å². The molecule has 0 aliphatic heterocycles. The summed E-state index contributed by atoms with van der Waals surface area (Å²) < 4.78 is 0. The molecule has 0 aliphatic rings. The minimum absolute atomic E-state index is 0.178. The Labute approximate surface area is 144 Å². The average molecular weight is 346 g/mol. The monoisotopic (exact) mass is 345 g/mol. The van der Waals surface area contributed by atoms with Crippen molar-refractivity contribution in [3.8, 4) is 0 Å². The molecule has 0 bridgehead atoms. The van der Waals surface area contributed by atoms with Crippen LogP contribution in [0.1, 0.15) is 13.3 Å². The summed E-state index contributed by atoms with van der Waals surface area (Å²) in [4.78, 5) is 34.7. The summed E-state index contributed by atoms with van der Waals surface area (Å²) in [6.07, 6.45) is -0.335. The van der Waals surface area contributed by atoms with Crippen molar-refractivity contribution in [1.29, 1.82) is 0 Å². The number of para-hydroxylation sites is 1. The van der Waals surface area contributed by atoms with Gasteiger partial charge in [-0.05, 0) is 36.4 Å². The second-order valence-corrected chi connectivity index (χ2v) is 5.42. The van der Waals surface area contributed by atoms with Crippen LogP contribution < -0.4 is 16.0 Å². The fourth-order valence-electron chi connectivity index (χ4n) is 1.95. The van der Waals surface area contributed by atoms with Gasteiger partial charge in [0.15, 0.2) is 0 Å². The summed E-state index contributed by atoms with van der Waals surface area (Å²) in [5, 5.41) is 8.21. The highest BCUT2D eigenvalue weighted by Crippen LogP contribution is 2.20. The summed E-state index contributed by atoms with van der Waals surface area (Å²) in [5.74, 6) is -1.09. The van der Waals surface area contributed by atoms with Crippen molar-refractivity contribution < 1.29 is 14.4 Å². The molecule has 124 valence electrons. The lowest BCUT2D eigenvalue weighted by molar-refractivity contribution is -0.123. The maximum Gasteiger partial charge on any atom is 0.233 e. The molecule has 0 heterocycles. The van der Waals surface area contributed by atoms with Crippen molar-refractivity contribution in [2.45, 2.75) is 13.3 Å². The van der Waals surface area contributed by atoms with E-state index in [0.29, 0.717) is 22.1 Å². The van der Waals surface area contributed by atoms with Crippen molar-refractivity contribution in [3.05, 3.63) is 53.6 Å². The number of hydrogen-bond acceptors (Lipinski definition) is 3. The Hall–Kier alpha value is -2.86. The van der Waals surface area contributed by atoms with Gasteiger partial charge >= 0.3 is 0 Å². The van der Waals surface area contributed by atoms with E-state index in [1.165, 1.54) is 6.92 Å². The first-order chi connectivity index (χ1) is 11.4. The number of nitrogens with one attached hydrogen (secondary N) is 3. The van der Waals surface area contributed by atoms with E-state index in [1.54, 1.807) is 48.5 Å². The molecule has 0 unspecified atom stereocenters. The highest BCUT2D eigenvalue weighted by molar-refractivity contribution is 6.33. The number of benzene rings is 2. The molecular weight excluding hydrogens is 330 g/mol. The Morgan fingerprint density at radius 2 is 1.38 bits per heavy atom. The van der Waals surface area contributed by atoms with Crippen LogP contribution in [-0.2, 0) is 14.4 Å². The maximum atomic E-state index is 11.9. The van der Waals surface area contributed by atoms with Crippen molar-refractivity contribution in [2.75, 3.05) is 16.0 Å². The smallest absolute Gasteiger partial charge is 0.233 e. The summed E-state index contributed by atoms with van der Waals surface area (Å²) in [5.41, 5.74) is 1.60. The molecule has 7 heteroatoms. The lowest BCUT2D eigenvalue weighted by atomic mass is 10.2. The van der Waals surface area contributed by atoms with E-state index in [-0.39, 0.29) is 12.3 Å². The van der Waals surface area contributed by atoms with Crippen LogP contribution in [0.3, 0.4) is 0 Å². The summed E-state index contributed by atoms with van der Waals surface area (Å²) >= 11 is 5.94. The number of rotatable bonds is 5. The standard InChI is InChI=1S/C17H16ClN3O3/c1-11(22)19-12-6-8-13(9-7-12)20-16(23)10-17(24)21-15-5-3-2-4-14(15)18/h2-9H,10H2,1H3,(H,19,22)(H,20,23)(H,21,24). The fourth-order valence-corrected chi connectivity index (χ4v) is 2.13. The number of hydrogen-bond donors (Lipinski definition) is 3. The predicted octanol–water partition coefficient (Wildman–Crippen LogP) is 3.27. The molecule has 24 heavy (non-hydrogen) atoms. The molecule has 0 saturated carbocycles. The van der Waals surface area contributed by atoms with E-state index in [2.05, 4.69) is 16.0 Å². The molecule has 0 saturated heterocycles. The van der Waals surface area contributed by atoms with Gasteiger partial charge in [-0.3, -0.25) is 14.4 Å². The number of anilines is 3. The van der Waals surface area contributed by atoms with E-state index in [0.717, 1.165) is 0 Å². The summed E-state index contributed by atoms with van der Waals surface area (Å²) in [7, 11) is 0. The first-order valence-corrected chi connectivity index (χ1v) is 7.54. The van der Waals surface area contributed by atoms with Crippen molar-refractivity contribution in [2.24, 2.45) is 0 Å². The van der Waals surface area contributed by atoms with E-state index < -0.39 is 11.8 Å². The molecule has 3 amide bonds. The first-order valence-electron chi connectivity index (χ1n) is 7.16. The normalized spacial score (nSPS) is 9.92. The quantitative estimate of drug-likeness (QED) is 0.727. The molecule has 0 aliphatic carbocycles. The molecule has 0 spiro atoms. The number of halogens is 1. The second kappa shape index (κ2) is 8.12. The Morgan fingerprint density at radius 1 is 0.833 bits per heavy atom. The van der Waals surface area contributed by atoms with Gasteiger partial charge in [0, 0.05) is 18.3 Å². The third kappa shape index (κ3) is 5.40. The van der Waals surface area contributed by atoms with Gasteiger partial charge in [0.25, 0.3) is 0 Å². The van der Waals surface area contributed by atoms with Gasteiger partial charge in [-0.1, -0.05) is 23.7 Å². The fraction of sp³-hybridized carbons (Fsp3) is 0.118. The topological polar surface area (TPSA) is 87.3 Å². The van der Waals surface area contributed by atoms with Crippen LogP contribution in [0.5, 0.6) is 0 Å². The minimum atomic E-state index is -0.463. The van der Waals surface area contributed by atoms with Crippen LogP contribution >= 0.6 is 11.6 Å². The zero-order valence-corrected chi connectivity index (χ0v) is 13.7. The highest BCUT2D eigenvalue weighted by atomic mass is 35.5. The van der Waals surface area contributed by atoms with E-state index in [4.69, 9.17) is 11.6 Å². The lowest BCUT2D eigenvalue weighted by Crippen LogP contribution is -2.21. The van der Waals surface area contributed by atoms with E-state index in [1.807, 2.05) is 0 Å². The van der Waals surface area contributed by atoms with Crippen LogP contribution in [-0.4, -0.2) is 17.7 Å². The van der Waals surface area contributed by atoms with Crippen LogP contribution in [0.2, 0.25) is 5.02 Å². The molecule has 0 atom stereocenters. The average Bonchev–Trinajstić information content (AvgIpc) is 2.51. The van der Waals surface area contributed by atoms with Crippen LogP contribution in [0.15, 0.2) is 48.5 Å². The Balaban J connectivity index is 1.87. The molecule has 2 aromatic carbocycles. The van der Waals surface area contributed by atoms with Gasteiger partial charge in [0.05, 0.1) is 10.7 Å². The second-order valence-electron chi connectivity index (χ2n) is 5.01. The van der Waals surface area contributed by atoms with Gasteiger partial charge < -0.3 is 16.0 Å². The van der Waals surface area contributed by atoms with Gasteiger partial charge in [-0.2, -0.15) is 0 Å². The predicted molar refractivity (Wildman–Crippen MR) is 94.1 cm³/mol. The number of carbonyl (C=O) groups excluding carboxylic acids is 3. The summed E-state index contributed by atoms with van der Waals surface area (Å²) in [6, 6.07) is 13.4. The highest BCUT2D eigenvalue weighted by Gasteiger charge is 2.11. The van der Waals surface area contributed by atoms with E-state index >= 15 is 0 Å². The van der Waals surface area contributed by atoms with Crippen molar-refractivity contribution in [3.63, 3.8) is 0 Å². The van der Waals surface area contributed by atoms with Gasteiger partial charge in [-0.25, -0.2) is 0 Å². The van der Waals surface area contributed by atoms with E-state index in [9.17, 15) is 14.4 Å². The molecule has 0 aromatic heterocycles. The third-order valence-electron chi connectivity index (χ3n) is 2.96. The maximum absolute atomic E-state index is 11.9. The lowest BCUT2D eigenvalue weighted by Gasteiger charge is -2.08. The van der Waals surface area contributed by atoms with Gasteiger partial charge in [0.1, 0.15) is 6.42 Å². The molecule has 2 rings (SSSR count). The van der Waals surface area contributed by atoms with Crippen LogP contribution in [0, 0.1) is 0 Å². The zero-order chi connectivity index (χ0) is 17.5. The van der Waals surface area contributed by atoms with Crippen molar-refractivity contribution in [1.82, 2.24) is 0 Å². The molecular formula is C17H16ClN3O3. The van der Waals surface area contributed by atoms with Crippen LogP contribution in [0.4, 0.5) is 17.1 Å².